The minimum atomic E-state index is -3.11. The van der Waals surface area contributed by atoms with Crippen LogP contribution in [0.3, 0.4) is 0 Å². The number of nitrogens with two attached hydrogens (primary N) is 1. The number of nitrogens with one attached hydrogen (secondary N) is 1. The van der Waals surface area contributed by atoms with E-state index < -0.39 is 24.9 Å². The molecular formula is C10H10BrClF2N2O. The molecule has 0 saturated heterocycles. The zero-order valence-electron chi connectivity index (χ0n) is 8.64. The molecule has 0 aliphatic carbocycles. The van der Waals surface area contributed by atoms with Crippen LogP contribution in [0.4, 0.5) is 8.78 Å². The fourth-order valence-corrected chi connectivity index (χ4v) is 1.65. The molecule has 0 radical (unpaired) electrons. The van der Waals surface area contributed by atoms with E-state index in [9.17, 15) is 13.6 Å². The van der Waals surface area contributed by atoms with Gasteiger partial charge in [-0.05, 0) is 34.1 Å². The molecule has 3 nitrogen and oxygen atoms in total. The van der Waals surface area contributed by atoms with Gasteiger partial charge in [-0.2, -0.15) is 0 Å². The highest BCUT2D eigenvalue weighted by Crippen LogP contribution is 2.21. The van der Waals surface area contributed by atoms with Crippen molar-refractivity contribution in [3.63, 3.8) is 0 Å². The molecule has 0 bridgehead atoms. The number of benzene rings is 1. The smallest absolute Gasteiger partial charge is 0.277 e. The molecule has 0 aliphatic rings. The monoisotopic (exact) mass is 326 g/mol. The van der Waals surface area contributed by atoms with Gasteiger partial charge in [-0.1, -0.05) is 11.6 Å². The normalized spacial score (nSPS) is 11.4. The Morgan fingerprint density at radius 2 is 2.18 bits per heavy atom. The SMILES string of the molecule is NCC(F)(F)CNC(=O)c1cc(Cl)ccc1Br. The van der Waals surface area contributed by atoms with Crippen LogP contribution in [0.15, 0.2) is 22.7 Å². The lowest BCUT2D eigenvalue weighted by molar-refractivity contribution is 0.0118. The molecular weight excluding hydrogens is 317 g/mol. The maximum atomic E-state index is 12.8. The highest BCUT2D eigenvalue weighted by molar-refractivity contribution is 9.10. The molecule has 94 valence electrons. The van der Waals surface area contributed by atoms with Crippen LogP contribution in [0.25, 0.3) is 0 Å². The summed E-state index contributed by atoms with van der Waals surface area (Å²) in [6.07, 6.45) is 0. The minimum Gasteiger partial charge on any atom is -0.346 e. The van der Waals surface area contributed by atoms with E-state index >= 15 is 0 Å². The minimum absolute atomic E-state index is 0.199. The first kappa shape index (κ1) is 14.3. The van der Waals surface area contributed by atoms with E-state index in [1.165, 1.54) is 6.07 Å². The van der Waals surface area contributed by atoms with Gasteiger partial charge in [0.05, 0.1) is 18.7 Å². The average Bonchev–Trinajstić information content (AvgIpc) is 2.29. The zero-order valence-corrected chi connectivity index (χ0v) is 11.0. The van der Waals surface area contributed by atoms with Crippen molar-refractivity contribution in [1.82, 2.24) is 5.32 Å². The second-order valence-electron chi connectivity index (χ2n) is 3.37. The number of halogens is 4. The van der Waals surface area contributed by atoms with Crippen molar-refractivity contribution >= 4 is 33.4 Å². The van der Waals surface area contributed by atoms with E-state index in [2.05, 4.69) is 21.2 Å². The Labute approximate surface area is 110 Å². The lowest BCUT2D eigenvalue weighted by Crippen LogP contribution is -2.41. The number of alkyl halides is 2. The van der Waals surface area contributed by atoms with Gasteiger partial charge in [-0.3, -0.25) is 4.79 Å². The number of amides is 1. The van der Waals surface area contributed by atoms with Crippen molar-refractivity contribution in [2.45, 2.75) is 5.92 Å². The van der Waals surface area contributed by atoms with E-state index in [4.69, 9.17) is 17.3 Å². The number of carbonyl (C=O) groups excluding carboxylic acids is 1. The Morgan fingerprint density at radius 1 is 1.53 bits per heavy atom. The van der Waals surface area contributed by atoms with Gasteiger partial charge in [0.25, 0.3) is 11.8 Å². The Kier molecular flexibility index (Phi) is 4.85. The van der Waals surface area contributed by atoms with E-state index in [0.717, 1.165) is 0 Å². The molecule has 7 heteroatoms. The number of hydrogen-bond acceptors (Lipinski definition) is 2. The Balaban J connectivity index is 2.74. The van der Waals surface area contributed by atoms with Crippen LogP contribution >= 0.6 is 27.5 Å². The van der Waals surface area contributed by atoms with Crippen LogP contribution in [-0.4, -0.2) is 24.9 Å². The van der Waals surface area contributed by atoms with Gasteiger partial charge in [0.15, 0.2) is 0 Å². The summed E-state index contributed by atoms with van der Waals surface area (Å²) >= 11 is 8.85. The fourth-order valence-electron chi connectivity index (χ4n) is 1.05. The predicted molar refractivity (Wildman–Crippen MR) is 65.5 cm³/mol. The summed E-state index contributed by atoms with van der Waals surface area (Å²) in [5.41, 5.74) is 5.05. The standard InChI is InChI=1S/C10H10BrClF2N2O/c11-8-2-1-6(12)3-7(8)9(17)16-5-10(13,14)4-15/h1-3H,4-5,15H2,(H,16,17). The number of rotatable bonds is 4. The molecule has 17 heavy (non-hydrogen) atoms. The zero-order chi connectivity index (χ0) is 13.1. The van der Waals surface area contributed by atoms with Crippen LogP contribution in [0, 0.1) is 0 Å². The van der Waals surface area contributed by atoms with E-state index in [-0.39, 0.29) is 5.56 Å². The van der Waals surface area contributed by atoms with Crippen LogP contribution in [0.2, 0.25) is 5.02 Å². The third-order valence-electron chi connectivity index (χ3n) is 1.98. The van der Waals surface area contributed by atoms with Crippen LogP contribution in [0.1, 0.15) is 10.4 Å². The molecule has 0 spiro atoms. The van der Waals surface area contributed by atoms with Crippen LogP contribution in [-0.2, 0) is 0 Å². The highest BCUT2D eigenvalue weighted by atomic mass is 79.9. The quantitative estimate of drug-likeness (QED) is 0.892. The largest absolute Gasteiger partial charge is 0.346 e. The Hall–Kier alpha value is -0.720. The summed E-state index contributed by atoms with van der Waals surface area (Å²) in [5.74, 6) is -3.74. The van der Waals surface area contributed by atoms with Crippen molar-refractivity contribution in [1.29, 1.82) is 0 Å². The first-order valence-electron chi connectivity index (χ1n) is 4.67. The molecule has 3 N–H and O–H groups in total. The maximum Gasteiger partial charge on any atom is 0.277 e. The third-order valence-corrected chi connectivity index (χ3v) is 2.91. The summed E-state index contributed by atoms with van der Waals surface area (Å²) in [6.45, 7) is -1.62. The molecule has 0 fully saturated rings. The third kappa shape index (κ3) is 4.22. The molecule has 1 aromatic rings. The molecule has 1 amide bonds. The van der Waals surface area contributed by atoms with Gasteiger partial charge in [-0.25, -0.2) is 8.78 Å². The van der Waals surface area contributed by atoms with Crippen molar-refractivity contribution in [2.75, 3.05) is 13.1 Å². The summed E-state index contributed by atoms with van der Waals surface area (Å²) < 4.78 is 26.1. The molecule has 0 unspecified atom stereocenters. The van der Waals surface area contributed by atoms with Crippen molar-refractivity contribution in [2.24, 2.45) is 5.73 Å². The van der Waals surface area contributed by atoms with E-state index in [0.29, 0.717) is 9.50 Å². The number of carbonyl (C=O) groups is 1. The molecule has 0 aliphatic heterocycles. The van der Waals surface area contributed by atoms with Crippen LogP contribution in [0.5, 0.6) is 0 Å². The highest BCUT2D eigenvalue weighted by Gasteiger charge is 2.27. The molecule has 0 saturated carbocycles. The second kappa shape index (κ2) is 5.75. The molecule has 0 heterocycles. The van der Waals surface area contributed by atoms with Gasteiger partial charge >= 0.3 is 0 Å². The Bertz CT molecular complexity index is 429. The molecule has 1 aromatic carbocycles. The number of hydrogen-bond donors (Lipinski definition) is 2. The summed E-state index contributed by atoms with van der Waals surface area (Å²) in [5, 5.41) is 2.45. The topological polar surface area (TPSA) is 55.1 Å². The lowest BCUT2D eigenvalue weighted by atomic mass is 10.2. The van der Waals surface area contributed by atoms with Crippen molar-refractivity contribution in [3.8, 4) is 0 Å². The second-order valence-corrected chi connectivity index (χ2v) is 4.66. The maximum absolute atomic E-state index is 12.8. The summed E-state index contributed by atoms with van der Waals surface area (Å²) in [7, 11) is 0. The summed E-state index contributed by atoms with van der Waals surface area (Å²) in [4.78, 5) is 11.6. The van der Waals surface area contributed by atoms with E-state index in [1.54, 1.807) is 12.1 Å². The van der Waals surface area contributed by atoms with Gasteiger partial charge < -0.3 is 11.1 Å². The van der Waals surface area contributed by atoms with Crippen molar-refractivity contribution in [3.05, 3.63) is 33.3 Å². The molecule has 0 aromatic heterocycles. The molecule has 1 rings (SSSR count). The van der Waals surface area contributed by atoms with Gasteiger partial charge in [-0.15, -0.1) is 0 Å². The van der Waals surface area contributed by atoms with Crippen LogP contribution < -0.4 is 11.1 Å². The van der Waals surface area contributed by atoms with Gasteiger partial charge in [0.1, 0.15) is 0 Å². The van der Waals surface area contributed by atoms with Gasteiger partial charge in [0, 0.05) is 9.50 Å². The van der Waals surface area contributed by atoms with E-state index in [1.807, 2.05) is 0 Å². The van der Waals surface area contributed by atoms with Crippen molar-refractivity contribution < 1.29 is 13.6 Å². The first-order valence-corrected chi connectivity index (χ1v) is 5.84. The van der Waals surface area contributed by atoms with Gasteiger partial charge in [0.2, 0.25) is 0 Å². The fraction of sp³-hybridized carbons (Fsp3) is 0.300. The average molecular weight is 328 g/mol. The first-order chi connectivity index (χ1) is 7.85. The summed E-state index contributed by atoms with van der Waals surface area (Å²) in [6, 6.07) is 4.54. The molecule has 0 atom stereocenters. The lowest BCUT2D eigenvalue weighted by Gasteiger charge is -2.15. The predicted octanol–water partition coefficient (Wildman–Crippen LogP) is 2.43. The Morgan fingerprint density at radius 3 is 2.76 bits per heavy atom.